The van der Waals surface area contributed by atoms with Crippen LogP contribution in [0, 0.1) is 5.82 Å². The zero-order chi connectivity index (χ0) is 12.5. The molecule has 1 aliphatic heterocycles. The smallest absolute Gasteiger partial charge is 0.263 e. The van der Waals surface area contributed by atoms with E-state index in [4.69, 9.17) is 0 Å². The van der Waals surface area contributed by atoms with Gasteiger partial charge in [-0.2, -0.15) is 4.31 Å². The van der Waals surface area contributed by atoms with Gasteiger partial charge in [0.1, 0.15) is 0 Å². The van der Waals surface area contributed by atoms with E-state index in [1.807, 2.05) is 0 Å². The van der Waals surface area contributed by atoms with Crippen molar-refractivity contribution in [2.24, 2.45) is 0 Å². The van der Waals surface area contributed by atoms with Crippen molar-refractivity contribution >= 4 is 10.0 Å². The first kappa shape index (κ1) is 12.4. The van der Waals surface area contributed by atoms with Gasteiger partial charge in [-0.1, -0.05) is 0 Å². The van der Waals surface area contributed by atoms with Crippen molar-refractivity contribution in [3.63, 3.8) is 0 Å². The minimum atomic E-state index is -3.94. The van der Waals surface area contributed by atoms with Crippen molar-refractivity contribution < 1.29 is 17.9 Å². The molecule has 1 fully saturated rings. The van der Waals surface area contributed by atoms with Crippen molar-refractivity contribution in [2.75, 3.05) is 13.1 Å². The van der Waals surface area contributed by atoms with Crippen molar-refractivity contribution in [1.82, 2.24) is 9.29 Å². The SMILES string of the molecule is O=S(=O)(c1ncccc1F)N1CCCC(O)C1. The Bertz CT molecular complexity index is 506. The molecule has 1 aliphatic rings. The molecule has 1 saturated heterocycles. The number of hydrogen-bond donors (Lipinski definition) is 1. The molecule has 17 heavy (non-hydrogen) atoms. The van der Waals surface area contributed by atoms with E-state index in [0.29, 0.717) is 12.8 Å². The van der Waals surface area contributed by atoms with Crippen LogP contribution in [0.3, 0.4) is 0 Å². The highest BCUT2D eigenvalue weighted by molar-refractivity contribution is 7.89. The quantitative estimate of drug-likeness (QED) is 0.834. The largest absolute Gasteiger partial charge is 0.392 e. The van der Waals surface area contributed by atoms with E-state index in [1.54, 1.807) is 0 Å². The molecule has 1 N–H and O–H groups in total. The number of hydrogen-bond acceptors (Lipinski definition) is 4. The van der Waals surface area contributed by atoms with E-state index in [1.165, 1.54) is 12.3 Å². The summed E-state index contributed by atoms with van der Waals surface area (Å²) >= 11 is 0. The van der Waals surface area contributed by atoms with Gasteiger partial charge in [0.25, 0.3) is 10.0 Å². The van der Waals surface area contributed by atoms with E-state index >= 15 is 0 Å². The van der Waals surface area contributed by atoms with Gasteiger partial charge in [0.05, 0.1) is 6.10 Å². The molecular weight excluding hydrogens is 247 g/mol. The molecule has 1 unspecified atom stereocenters. The summed E-state index contributed by atoms with van der Waals surface area (Å²) in [4.78, 5) is 3.56. The highest BCUT2D eigenvalue weighted by Gasteiger charge is 2.32. The maximum absolute atomic E-state index is 13.4. The molecule has 94 valence electrons. The van der Waals surface area contributed by atoms with Gasteiger partial charge in [0.15, 0.2) is 5.82 Å². The number of sulfonamides is 1. The molecule has 0 aromatic carbocycles. The third-order valence-electron chi connectivity index (χ3n) is 2.67. The van der Waals surface area contributed by atoms with Gasteiger partial charge in [-0.05, 0) is 25.0 Å². The molecular formula is C10H13FN2O3S. The number of rotatable bonds is 2. The average molecular weight is 260 g/mol. The maximum Gasteiger partial charge on any atom is 0.263 e. The minimum absolute atomic E-state index is 0.00164. The third-order valence-corrected chi connectivity index (χ3v) is 4.47. The summed E-state index contributed by atoms with van der Waals surface area (Å²) in [7, 11) is -3.94. The Kier molecular flexibility index (Phi) is 3.41. The van der Waals surface area contributed by atoms with E-state index in [0.717, 1.165) is 10.4 Å². The van der Waals surface area contributed by atoms with Gasteiger partial charge in [-0.15, -0.1) is 0 Å². The number of piperidine rings is 1. The van der Waals surface area contributed by atoms with E-state index in [9.17, 15) is 17.9 Å². The molecule has 0 bridgehead atoms. The van der Waals surface area contributed by atoms with Crippen LogP contribution in [-0.4, -0.2) is 42.0 Å². The molecule has 5 nitrogen and oxygen atoms in total. The maximum atomic E-state index is 13.4. The lowest BCUT2D eigenvalue weighted by Crippen LogP contribution is -2.42. The summed E-state index contributed by atoms with van der Waals surface area (Å²) < 4.78 is 38.6. The van der Waals surface area contributed by atoms with Crippen LogP contribution >= 0.6 is 0 Å². The Balaban J connectivity index is 2.33. The van der Waals surface area contributed by atoms with Crippen molar-refractivity contribution in [3.8, 4) is 0 Å². The summed E-state index contributed by atoms with van der Waals surface area (Å²) in [5.74, 6) is -0.868. The molecule has 1 aromatic rings. The number of pyridine rings is 1. The average Bonchev–Trinajstić information content (AvgIpc) is 2.29. The van der Waals surface area contributed by atoms with Crippen LogP contribution in [0.5, 0.6) is 0 Å². The fourth-order valence-electron chi connectivity index (χ4n) is 1.82. The molecule has 0 saturated carbocycles. The Morgan fingerprint density at radius 3 is 2.94 bits per heavy atom. The predicted octanol–water partition coefficient (Wildman–Crippen LogP) is 0.366. The minimum Gasteiger partial charge on any atom is -0.392 e. The van der Waals surface area contributed by atoms with Crippen molar-refractivity contribution in [2.45, 2.75) is 24.0 Å². The highest BCUT2D eigenvalue weighted by Crippen LogP contribution is 2.20. The van der Waals surface area contributed by atoms with Crippen molar-refractivity contribution in [1.29, 1.82) is 0 Å². The number of aliphatic hydroxyl groups excluding tert-OH is 1. The summed E-state index contributed by atoms with van der Waals surface area (Å²) in [6.45, 7) is 0.285. The Hall–Kier alpha value is -1.05. The number of nitrogens with zero attached hydrogens (tertiary/aromatic N) is 2. The molecule has 1 atom stereocenters. The first-order valence-corrected chi connectivity index (χ1v) is 6.74. The molecule has 2 rings (SSSR count). The fraction of sp³-hybridized carbons (Fsp3) is 0.500. The molecule has 2 heterocycles. The van der Waals surface area contributed by atoms with Gasteiger partial charge in [0.2, 0.25) is 5.03 Å². The first-order chi connectivity index (χ1) is 8.01. The summed E-state index contributed by atoms with van der Waals surface area (Å²) in [6, 6.07) is 2.39. The molecule has 7 heteroatoms. The van der Waals surface area contributed by atoms with Crippen LogP contribution in [0.1, 0.15) is 12.8 Å². The second-order valence-electron chi connectivity index (χ2n) is 3.95. The lowest BCUT2D eigenvalue weighted by molar-refractivity contribution is 0.107. The normalized spacial score (nSPS) is 22.6. The van der Waals surface area contributed by atoms with Crippen LogP contribution in [0.2, 0.25) is 0 Å². The lowest BCUT2D eigenvalue weighted by Gasteiger charge is -2.28. The fourth-order valence-corrected chi connectivity index (χ4v) is 3.31. The number of aliphatic hydroxyl groups is 1. The van der Waals surface area contributed by atoms with E-state index in [-0.39, 0.29) is 13.1 Å². The Morgan fingerprint density at radius 1 is 1.53 bits per heavy atom. The summed E-state index contributed by atoms with van der Waals surface area (Å²) in [6.07, 6.45) is 1.67. The van der Waals surface area contributed by atoms with Gasteiger partial charge < -0.3 is 5.11 Å². The molecule has 0 amide bonds. The zero-order valence-electron chi connectivity index (χ0n) is 9.08. The second kappa shape index (κ2) is 4.67. The zero-order valence-corrected chi connectivity index (χ0v) is 9.90. The van der Waals surface area contributed by atoms with E-state index in [2.05, 4.69) is 4.98 Å². The van der Waals surface area contributed by atoms with Crippen molar-refractivity contribution in [3.05, 3.63) is 24.1 Å². The Morgan fingerprint density at radius 2 is 2.29 bits per heavy atom. The highest BCUT2D eigenvalue weighted by atomic mass is 32.2. The van der Waals surface area contributed by atoms with Crippen LogP contribution in [0.15, 0.2) is 23.4 Å². The predicted molar refractivity (Wildman–Crippen MR) is 58.2 cm³/mol. The molecule has 0 radical (unpaired) electrons. The summed E-state index contributed by atoms with van der Waals surface area (Å²) in [5.41, 5.74) is 0. The molecule has 0 spiro atoms. The number of halogens is 1. The Labute approximate surface area is 99.0 Å². The van der Waals surface area contributed by atoms with Gasteiger partial charge in [0, 0.05) is 19.3 Å². The van der Waals surface area contributed by atoms with Crippen LogP contribution in [-0.2, 0) is 10.0 Å². The van der Waals surface area contributed by atoms with Crippen LogP contribution < -0.4 is 0 Å². The van der Waals surface area contributed by atoms with E-state index < -0.39 is 27.0 Å². The van der Waals surface area contributed by atoms with Gasteiger partial charge in [-0.3, -0.25) is 0 Å². The number of aromatic nitrogens is 1. The standard InChI is InChI=1S/C10H13FN2O3S/c11-9-4-1-5-12-10(9)17(15,16)13-6-2-3-8(14)7-13/h1,4-5,8,14H,2-3,6-7H2. The number of β-amino-alcohol motifs (C(OH)–C–C–N with tert-alkyl or cyclic N) is 1. The monoisotopic (exact) mass is 260 g/mol. The van der Waals surface area contributed by atoms with Crippen LogP contribution in [0.25, 0.3) is 0 Å². The van der Waals surface area contributed by atoms with Gasteiger partial charge in [-0.25, -0.2) is 17.8 Å². The topological polar surface area (TPSA) is 70.5 Å². The molecule has 1 aromatic heterocycles. The van der Waals surface area contributed by atoms with Gasteiger partial charge >= 0.3 is 0 Å². The lowest BCUT2D eigenvalue weighted by atomic mass is 10.1. The van der Waals surface area contributed by atoms with Crippen LogP contribution in [0.4, 0.5) is 4.39 Å². The second-order valence-corrected chi connectivity index (χ2v) is 5.80. The molecule has 0 aliphatic carbocycles. The third kappa shape index (κ3) is 2.46. The first-order valence-electron chi connectivity index (χ1n) is 5.30. The summed E-state index contributed by atoms with van der Waals surface area (Å²) in [5, 5.41) is 8.86.